The topological polar surface area (TPSA) is 52.0 Å². The summed E-state index contributed by atoms with van der Waals surface area (Å²) in [6.45, 7) is 2.01. The summed E-state index contributed by atoms with van der Waals surface area (Å²) in [5.74, 6) is 0. The van der Waals surface area contributed by atoms with Crippen molar-refractivity contribution < 1.29 is 4.79 Å². The molecular formula is C15H15ClN2O2. The Morgan fingerprint density at radius 2 is 1.95 bits per heavy atom. The number of hydrogen-bond donors (Lipinski definition) is 0. The van der Waals surface area contributed by atoms with E-state index in [4.69, 9.17) is 11.6 Å². The summed E-state index contributed by atoms with van der Waals surface area (Å²) < 4.78 is 1.29. The van der Waals surface area contributed by atoms with Crippen molar-refractivity contribution in [3.63, 3.8) is 0 Å². The highest BCUT2D eigenvalue weighted by Gasteiger charge is 2.09. The highest BCUT2D eigenvalue weighted by molar-refractivity contribution is 6.63. The van der Waals surface area contributed by atoms with Gasteiger partial charge in [-0.05, 0) is 31.0 Å². The molecule has 0 aliphatic carbocycles. The van der Waals surface area contributed by atoms with Crippen LogP contribution in [0.15, 0.2) is 35.1 Å². The molecule has 0 unspecified atom stereocenters. The minimum absolute atomic E-state index is 0.147. The van der Waals surface area contributed by atoms with Crippen molar-refractivity contribution in [2.75, 3.05) is 0 Å². The zero-order chi connectivity index (χ0) is 14.7. The summed E-state index contributed by atoms with van der Waals surface area (Å²) in [5, 5.41) is 3.80. The lowest BCUT2D eigenvalue weighted by Crippen LogP contribution is -2.24. The largest absolute Gasteiger partial charge is 0.281 e. The van der Waals surface area contributed by atoms with Crippen molar-refractivity contribution in [1.29, 1.82) is 0 Å². The second kappa shape index (κ2) is 6.01. The molecule has 0 saturated carbocycles. The Kier molecular flexibility index (Phi) is 4.35. The minimum Gasteiger partial charge on any atom is -0.281 e. The van der Waals surface area contributed by atoms with Gasteiger partial charge in [-0.15, -0.1) is 0 Å². The van der Waals surface area contributed by atoms with Crippen molar-refractivity contribution in [1.82, 2.24) is 9.78 Å². The number of carbonyl (C=O) groups excluding carboxylic acids is 1. The van der Waals surface area contributed by atoms with Crippen molar-refractivity contribution in [3.05, 3.63) is 51.8 Å². The molecule has 1 heterocycles. The fourth-order valence-corrected chi connectivity index (χ4v) is 2.04. The van der Waals surface area contributed by atoms with Gasteiger partial charge in [-0.1, -0.05) is 29.8 Å². The first kappa shape index (κ1) is 14.5. The Balaban J connectivity index is 2.42. The van der Waals surface area contributed by atoms with Crippen molar-refractivity contribution in [2.45, 2.75) is 19.8 Å². The van der Waals surface area contributed by atoms with E-state index in [0.717, 1.165) is 11.1 Å². The molecule has 104 valence electrons. The molecule has 0 bridgehead atoms. The Morgan fingerprint density at radius 3 is 2.55 bits per heavy atom. The fourth-order valence-electron chi connectivity index (χ4n) is 1.95. The van der Waals surface area contributed by atoms with Crippen LogP contribution < -0.4 is 5.56 Å². The second-order valence-corrected chi connectivity index (χ2v) is 5.13. The smallest absolute Gasteiger partial charge is 0.269 e. The summed E-state index contributed by atoms with van der Waals surface area (Å²) in [4.78, 5) is 22.8. The van der Waals surface area contributed by atoms with E-state index < -0.39 is 5.24 Å². The van der Waals surface area contributed by atoms with Crippen molar-refractivity contribution in [2.24, 2.45) is 7.05 Å². The van der Waals surface area contributed by atoms with E-state index in [1.54, 1.807) is 13.1 Å². The van der Waals surface area contributed by atoms with Gasteiger partial charge in [-0.3, -0.25) is 9.59 Å². The molecule has 1 aromatic carbocycles. The monoisotopic (exact) mass is 290 g/mol. The summed E-state index contributed by atoms with van der Waals surface area (Å²) in [6.07, 6.45) is 0.477. The zero-order valence-corrected chi connectivity index (χ0v) is 12.1. The minimum atomic E-state index is -0.444. The Hall–Kier alpha value is -1.94. The number of benzene rings is 1. The Bertz CT molecular complexity index is 690. The lowest BCUT2D eigenvalue weighted by atomic mass is 10.1. The van der Waals surface area contributed by atoms with Crippen LogP contribution in [0.5, 0.6) is 0 Å². The van der Waals surface area contributed by atoms with Crippen LogP contribution in [0.3, 0.4) is 0 Å². The standard InChI is InChI=1S/C15H15ClN2O2/c1-10-3-5-11(6-4-10)13-9-12(7-8-14(16)19)15(20)18(2)17-13/h3-6,9H,7-8H2,1-2H3. The molecule has 0 spiro atoms. The SMILES string of the molecule is Cc1ccc(-c2cc(CCC(=O)Cl)c(=O)n(C)n2)cc1. The maximum Gasteiger partial charge on any atom is 0.269 e. The first-order valence-electron chi connectivity index (χ1n) is 6.30. The van der Waals surface area contributed by atoms with Gasteiger partial charge < -0.3 is 0 Å². The summed E-state index contributed by atoms with van der Waals surface area (Å²) in [7, 11) is 1.60. The third kappa shape index (κ3) is 3.33. The van der Waals surface area contributed by atoms with Gasteiger partial charge in [-0.2, -0.15) is 5.10 Å². The number of aryl methyl sites for hydroxylation is 3. The summed E-state index contributed by atoms with van der Waals surface area (Å²) >= 11 is 5.33. The highest BCUT2D eigenvalue weighted by Crippen LogP contribution is 2.17. The van der Waals surface area contributed by atoms with Crippen LogP contribution in [0.4, 0.5) is 0 Å². The van der Waals surface area contributed by atoms with Gasteiger partial charge in [0.2, 0.25) is 5.24 Å². The maximum atomic E-state index is 12.0. The molecule has 0 fully saturated rings. The van der Waals surface area contributed by atoms with Gasteiger partial charge in [0.1, 0.15) is 0 Å². The van der Waals surface area contributed by atoms with Crippen molar-refractivity contribution in [3.8, 4) is 11.3 Å². The molecule has 2 aromatic rings. The van der Waals surface area contributed by atoms with Crippen molar-refractivity contribution >= 4 is 16.8 Å². The van der Waals surface area contributed by atoms with E-state index >= 15 is 0 Å². The molecule has 0 aliphatic rings. The van der Waals surface area contributed by atoms with E-state index in [2.05, 4.69) is 5.10 Å². The number of carbonyl (C=O) groups is 1. The van der Waals surface area contributed by atoms with Gasteiger partial charge in [-0.25, -0.2) is 4.68 Å². The van der Waals surface area contributed by atoms with Crippen LogP contribution in [0.1, 0.15) is 17.5 Å². The first-order chi connectivity index (χ1) is 9.47. The zero-order valence-electron chi connectivity index (χ0n) is 11.4. The van der Waals surface area contributed by atoms with E-state index in [9.17, 15) is 9.59 Å². The van der Waals surface area contributed by atoms with Gasteiger partial charge in [0.15, 0.2) is 0 Å². The normalized spacial score (nSPS) is 10.6. The van der Waals surface area contributed by atoms with E-state index in [0.29, 0.717) is 17.7 Å². The van der Waals surface area contributed by atoms with E-state index in [1.165, 1.54) is 4.68 Å². The van der Waals surface area contributed by atoms with Gasteiger partial charge >= 0.3 is 0 Å². The van der Waals surface area contributed by atoms with Crippen LogP contribution >= 0.6 is 11.6 Å². The third-order valence-corrected chi connectivity index (χ3v) is 3.26. The third-order valence-electron chi connectivity index (χ3n) is 3.08. The molecule has 4 nitrogen and oxygen atoms in total. The molecule has 5 heteroatoms. The van der Waals surface area contributed by atoms with E-state index in [-0.39, 0.29) is 12.0 Å². The quantitative estimate of drug-likeness (QED) is 0.813. The molecular weight excluding hydrogens is 276 g/mol. The van der Waals surface area contributed by atoms with Crippen LogP contribution in [-0.2, 0) is 18.3 Å². The predicted molar refractivity (Wildman–Crippen MR) is 78.8 cm³/mol. The Labute approximate surface area is 122 Å². The molecule has 1 aromatic heterocycles. The second-order valence-electron chi connectivity index (χ2n) is 4.70. The molecule has 0 N–H and O–H groups in total. The summed E-state index contributed by atoms with van der Waals surface area (Å²) in [6, 6.07) is 9.62. The Morgan fingerprint density at radius 1 is 1.30 bits per heavy atom. The number of rotatable bonds is 4. The maximum absolute atomic E-state index is 12.0. The predicted octanol–water partition coefficient (Wildman–Crippen LogP) is 2.45. The molecule has 0 saturated heterocycles. The molecule has 2 rings (SSSR count). The van der Waals surface area contributed by atoms with Gasteiger partial charge in [0.05, 0.1) is 5.69 Å². The summed E-state index contributed by atoms with van der Waals surface area (Å²) in [5.41, 5.74) is 3.16. The average molecular weight is 291 g/mol. The average Bonchev–Trinajstić information content (AvgIpc) is 2.41. The highest BCUT2D eigenvalue weighted by atomic mass is 35.5. The van der Waals surface area contributed by atoms with Gasteiger partial charge in [0.25, 0.3) is 5.56 Å². The molecule has 20 heavy (non-hydrogen) atoms. The van der Waals surface area contributed by atoms with Crippen LogP contribution in [0.25, 0.3) is 11.3 Å². The lowest BCUT2D eigenvalue weighted by Gasteiger charge is -2.07. The molecule has 0 amide bonds. The van der Waals surface area contributed by atoms with E-state index in [1.807, 2.05) is 31.2 Å². The van der Waals surface area contributed by atoms with Crippen LogP contribution in [-0.4, -0.2) is 15.0 Å². The van der Waals surface area contributed by atoms with Crippen LogP contribution in [0, 0.1) is 6.92 Å². The first-order valence-corrected chi connectivity index (χ1v) is 6.68. The molecule has 0 atom stereocenters. The number of nitrogens with zero attached hydrogens (tertiary/aromatic N) is 2. The number of aromatic nitrogens is 2. The number of hydrogen-bond acceptors (Lipinski definition) is 3. The molecule has 0 aliphatic heterocycles. The van der Waals surface area contributed by atoms with Gasteiger partial charge in [0, 0.05) is 24.6 Å². The van der Waals surface area contributed by atoms with Crippen LogP contribution in [0.2, 0.25) is 0 Å². The lowest BCUT2D eigenvalue weighted by molar-refractivity contribution is -0.111. The number of halogens is 1. The fraction of sp³-hybridized carbons (Fsp3) is 0.267. The molecule has 0 radical (unpaired) electrons.